The van der Waals surface area contributed by atoms with Gasteiger partial charge in [0.05, 0.1) is 39.9 Å². The minimum absolute atomic E-state index is 0.0186. The summed E-state index contributed by atoms with van der Waals surface area (Å²) in [5.74, 6) is 1.17. The van der Waals surface area contributed by atoms with Crippen LogP contribution in [0.4, 0.5) is 10.5 Å². The second-order valence-electron chi connectivity index (χ2n) is 7.40. The third kappa shape index (κ3) is 4.49. The minimum Gasteiger partial charge on any atom is -0.493 e. The van der Waals surface area contributed by atoms with Crippen molar-refractivity contribution in [3.05, 3.63) is 18.2 Å². The summed E-state index contributed by atoms with van der Waals surface area (Å²) >= 11 is 0. The Kier molecular flexibility index (Phi) is 6.61. The SMILES string of the molecule is CC[NH+]1CCC[C@H]1CNC(=O)N[C@@H]1CC(=O)N(c2ccc(OC)c(OC)c2)C1. The molecule has 8 heteroatoms. The molecule has 1 unspecified atom stereocenters. The number of carbonyl (C=O) groups excluding carboxylic acids is 2. The van der Waals surface area contributed by atoms with Gasteiger partial charge in [-0.3, -0.25) is 4.79 Å². The van der Waals surface area contributed by atoms with E-state index in [0.29, 0.717) is 30.6 Å². The molecule has 1 aromatic carbocycles. The lowest BCUT2D eigenvalue weighted by atomic mass is 10.2. The Morgan fingerprint density at radius 3 is 2.79 bits per heavy atom. The van der Waals surface area contributed by atoms with E-state index in [1.165, 1.54) is 13.0 Å². The van der Waals surface area contributed by atoms with Gasteiger partial charge in [0.2, 0.25) is 5.91 Å². The normalized spacial score (nSPS) is 24.3. The number of quaternary nitrogens is 1. The van der Waals surface area contributed by atoms with E-state index >= 15 is 0 Å². The van der Waals surface area contributed by atoms with Crippen molar-refractivity contribution >= 4 is 17.6 Å². The van der Waals surface area contributed by atoms with Crippen LogP contribution in [0.25, 0.3) is 0 Å². The molecule has 0 spiro atoms. The Bertz CT molecular complexity index is 711. The van der Waals surface area contributed by atoms with Crippen molar-refractivity contribution in [2.75, 3.05) is 45.3 Å². The molecule has 0 saturated carbocycles. The Morgan fingerprint density at radius 2 is 2.07 bits per heavy atom. The molecule has 3 atom stereocenters. The smallest absolute Gasteiger partial charge is 0.315 e. The van der Waals surface area contributed by atoms with Gasteiger partial charge in [0.25, 0.3) is 0 Å². The van der Waals surface area contributed by atoms with Crippen molar-refractivity contribution in [1.29, 1.82) is 0 Å². The molecule has 1 aromatic rings. The lowest BCUT2D eigenvalue weighted by molar-refractivity contribution is -0.909. The maximum absolute atomic E-state index is 12.4. The number of carbonyl (C=O) groups is 2. The molecular formula is C20H31N4O4+. The molecule has 0 aromatic heterocycles. The molecule has 0 radical (unpaired) electrons. The molecule has 0 bridgehead atoms. The molecule has 2 fully saturated rings. The number of rotatable bonds is 7. The van der Waals surface area contributed by atoms with Crippen LogP contribution >= 0.6 is 0 Å². The number of urea groups is 1. The summed E-state index contributed by atoms with van der Waals surface area (Å²) in [5, 5.41) is 5.92. The van der Waals surface area contributed by atoms with Crippen LogP contribution < -0.4 is 29.9 Å². The van der Waals surface area contributed by atoms with Crippen LogP contribution in [0.2, 0.25) is 0 Å². The third-order valence-corrected chi connectivity index (χ3v) is 5.73. The number of methoxy groups -OCH3 is 2. The number of likely N-dealkylation sites (N-methyl/N-ethyl adjacent to an activating group) is 1. The van der Waals surface area contributed by atoms with Crippen LogP contribution in [0.5, 0.6) is 11.5 Å². The number of nitrogens with zero attached hydrogens (tertiary/aromatic N) is 1. The topological polar surface area (TPSA) is 84.3 Å². The van der Waals surface area contributed by atoms with Gasteiger partial charge >= 0.3 is 6.03 Å². The molecule has 2 aliphatic rings. The number of nitrogens with one attached hydrogen (secondary N) is 3. The lowest BCUT2D eigenvalue weighted by Crippen LogP contribution is -3.14. The first kappa shape index (κ1) is 20.3. The summed E-state index contributed by atoms with van der Waals surface area (Å²) in [6, 6.07) is 5.46. The monoisotopic (exact) mass is 391 g/mol. The Hall–Kier alpha value is -2.48. The third-order valence-electron chi connectivity index (χ3n) is 5.73. The number of anilines is 1. The molecule has 3 amide bonds. The Balaban J connectivity index is 1.53. The summed E-state index contributed by atoms with van der Waals surface area (Å²) in [6.45, 7) is 5.57. The van der Waals surface area contributed by atoms with Gasteiger partial charge < -0.3 is 29.9 Å². The zero-order chi connectivity index (χ0) is 20.1. The molecule has 0 aliphatic carbocycles. The molecule has 8 nitrogen and oxygen atoms in total. The van der Waals surface area contributed by atoms with Gasteiger partial charge in [-0.15, -0.1) is 0 Å². The molecule has 2 heterocycles. The van der Waals surface area contributed by atoms with E-state index in [0.717, 1.165) is 18.7 Å². The number of benzene rings is 1. The van der Waals surface area contributed by atoms with Gasteiger partial charge in [-0.05, 0) is 19.1 Å². The molecule has 2 saturated heterocycles. The maximum atomic E-state index is 12.4. The van der Waals surface area contributed by atoms with E-state index in [2.05, 4.69) is 17.6 Å². The lowest BCUT2D eigenvalue weighted by Gasteiger charge is -2.21. The fraction of sp³-hybridized carbons (Fsp3) is 0.600. The second-order valence-corrected chi connectivity index (χ2v) is 7.40. The molecule has 3 N–H and O–H groups in total. The van der Waals surface area contributed by atoms with Crippen LogP contribution in [0.15, 0.2) is 18.2 Å². The zero-order valence-corrected chi connectivity index (χ0v) is 16.9. The second kappa shape index (κ2) is 9.14. The first-order valence-corrected chi connectivity index (χ1v) is 9.97. The highest BCUT2D eigenvalue weighted by molar-refractivity contribution is 5.97. The van der Waals surface area contributed by atoms with Gasteiger partial charge in [-0.25, -0.2) is 4.79 Å². The number of ether oxygens (including phenoxy) is 2. The van der Waals surface area contributed by atoms with E-state index in [4.69, 9.17) is 9.47 Å². The van der Waals surface area contributed by atoms with Crippen LogP contribution in [0.1, 0.15) is 26.2 Å². The molecule has 154 valence electrons. The highest BCUT2D eigenvalue weighted by Gasteiger charge is 2.33. The molecular weight excluding hydrogens is 360 g/mol. The van der Waals surface area contributed by atoms with Gasteiger partial charge in [-0.2, -0.15) is 0 Å². The van der Waals surface area contributed by atoms with Crippen LogP contribution in [0, 0.1) is 0 Å². The van der Waals surface area contributed by atoms with E-state index in [9.17, 15) is 9.59 Å². The highest BCUT2D eigenvalue weighted by atomic mass is 16.5. The number of likely N-dealkylation sites (tertiary alicyclic amines) is 1. The van der Waals surface area contributed by atoms with Crippen molar-refractivity contribution in [3.8, 4) is 11.5 Å². The van der Waals surface area contributed by atoms with Crippen molar-refractivity contribution in [1.82, 2.24) is 10.6 Å². The molecule has 2 aliphatic heterocycles. The summed E-state index contributed by atoms with van der Waals surface area (Å²) in [5.41, 5.74) is 0.737. The summed E-state index contributed by atoms with van der Waals surface area (Å²) < 4.78 is 10.6. The predicted octanol–water partition coefficient (Wildman–Crippen LogP) is 0.176. The maximum Gasteiger partial charge on any atom is 0.315 e. The van der Waals surface area contributed by atoms with Gasteiger partial charge in [0.1, 0.15) is 6.04 Å². The van der Waals surface area contributed by atoms with E-state index in [1.54, 1.807) is 36.2 Å². The minimum atomic E-state index is -0.209. The average molecular weight is 391 g/mol. The summed E-state index contributed by atoms with van der Waals surface area (Å²) in [7, 11) is 3.14. The van der Waals surface area contributed by atoms with Gasteiger partial charge in [0, 0.05) is 37.6 Å². The number of hydrogen-bond donors (Lipinski definition) is 3. The quantitative estimate of drug-likeness (QED) is 0.619. The number of hydrogen-bond acceptors (Lipinski definition) is 4. The molecule has 28 heavy (non-hydrogen) atoms. The van der Waals surface area contributed by atoms with Crippen molar-refractivity contribution in [3.63, 3.8) is 0 Å². The van der Waals surface area contributed by atoms with Gasteiger partial charge in [-0.1, -0.05) is 0 Å². The zero-order valence-electron chi connectivity index (χ0n) is 16.9. The summed E-state index contributed by atoms with van der Waals surface area (Å²) in [6.07, 6.45) is 2.66. The van der Waals surface area contributed by atoms with E-state index in [1.807, 2.05) is 6.07 Å². The average Bonchev–Trinajstić information content (AvgIpc) is 3.31. The first-order chi connectivity index (χ1) is 13.5. The fourth-order valence-corrected chi connectivity index (χ4v) is 4.19. The van der Waals surface area contributed by atoms with Crippen LogP contribution in [0.3, 0.4) is 0 Å². The highest BCUT2D eigenvalue weighted by Crippen LogP contribution is 2.33. The van der Waals surface area contributed by atoms with E-state index < -0.39 is 0 Å². The van der Waals surface area contributed by atoms with Crippen molar-refractivity contribution in [2.24, 2.45) is 0 Å². The standard InChI is InChI=1S/C20H30N4O4/c1-4-23-9-5-6-16(23)12-21-20(26)22-14-10-19(25)24(13-14)15-7-8-17(27-2)18(11-15)28-3/h7-8,11,14,16H,4-6,9-10,12-13H2,1-3H3,(H2,21,22,26)/p+1/t14-,16+/m1/s1. The van der Waals surface area contributed by atoms with E-state index in [-0.39, 0.29) is 24.4 Å². The van der Waals surface area contributed by atoms with Gasteiger partial charge in [0.15, 0.2) is 11.5 Å². The van der Waals surface area contributed by atoms with Crippen molar-refractivity contribution < 1.29 is 24.0 Å². The summed E-state index contributed by atoms with van der Waals surface area (Å²) in [4.78, 5) is 28.0. The van der Waals surface area contributed by atoms with Crippen molar-refractivity contribution in [2.45, 2.75) is 38.3 Å². The van der Waals surface area contributed by atoms with Crippen LogP contribution in [-0.4, -0.2) is 64.4 Å². The molecule has 3 rings (SSSR count). The fourth-order valence-electron chi connectivity index (χ4n) is 4.19. The predicted molar refractivity (Wildman–Crippen MR) is 106 cm³/mol. The number of amides is 3. The first-order valence-electron chi connectivity index (χ1n) is 9.97. The Morgan fingerprint density at radius 1 is 1.29 bits per heavy atom. The Labute approximate surface area is 166 Å². The van der Waals surface area contributed by atoms with Crippen LogP contribution in [-0.2, 0) is 4.79 Å². The largest absolute Gasteiger partial charge is 0.493 e.